The number of likely N-dealkylation sites (tertiary alicyclic amines) is 1. The van der Waals surface area contributed by atoms with Gasteiger partial charge in [-0.05, 0) is 64.9 Å². The average molecular weight is 282 g/mol. The van der Waals surface area contributed by atoms with Gasteiger partial charge in [0.05, 0.1) is 0 Å². The summed E-state index contributed by atoms with van der Waals surface area (Å²) in [5, 5.41) is 3.31. The Labute approximate surface area is 120 Å². The number of hydrogen-bond acceptors (Lipinski definition) is 2. The van der Waals surface area contributed by atoms with Gasteiger partial charge in [0.25, 0.3) is 0 Å². The molecule has 1 saturated heterocycles. The molecule has 4 heteroatoms. The molecule has 1 unspecified atom stereocenters. The Morgan fingerprint density at radius 2 is 2.00 bits per heavy atom. The van der Waals surface area contributed by atoms with Crippen molar-refractivity contribution in [3.63, 3.8) is 0 Å². The highest BCUT2D eigenvalue weighted by Crippen LogP contribution is 2.21. The van der Waals surface area contributed by atoms with Crippen molar-refractivity contribution in [2.24, 2.45) is 5.92 Å². The van der Waals surface area contributed by atoms with Crippen LogP contribution < -0.4 is 5.32 Å². The summed E-state index contributed by atoms with van der Waals surface area (Å²) in [7, 11) is 2.16. The van der Waals surface area contributed by atoms with E-state index < -0.39 is 11.6 Å². The fourth-order valence-electron chi connectivity index (χ4n) is 2.82. The molecule has 1 aliphatic heterocycles. The zero-order chi connectivity index (χ0) is 14.5. The lowest BCUT2D eigenvalue weighted by atomic mass is 9.93. The van der Waals surface area contributed by atoms with Gasteiger partial charge < -0.3 is 10.2 Å². The molecule has 2 rings (SSSR count). The van der Waals surface area contributed by atoms with Crippen LogP contribution in [0.4, 0.5) is 8.78 Å². The molecule has 1 fully saturated rings. The summed E-state index contributed by atoms with van der Waals surface area (Å²) in [6, 6.07) is 4.20. The van der Waals surface area contributed by atoms with Crippen LogP contribution in [-0.2, 0) is 0 Å². The molecule has 0 aliphatic carbocycles. The number of halogens is 2. The lowest BCUT2D eigenvalue weighted by molar-refractivity contribution is 0.210. The Hall–Kier alpha value is -1.00. The first-order valence-electron chi connectivity index (χ1n) is 7.43. The lowest BCUT2D eigenvalue weighted by Crippen LogP contribution is -2.32. The fraction of sp³-hybridized carbons (Fsp3) is 0.625. The molecular formula is C16H24F2N2. The maximum atomic E-state index is 13.7. The molecular weight excluding hydrogens is 258 g/mol. The molecule has 0 saturated carbocycles. The minimum atomic E-state index is -0.772. The van der Waals surface area contributed by atoms with Crippen LogP contribution in [0.15, 0.2) is 18.2 Å². The van der Waals surface area contributed by atoms with Crippen molar-refractivity contribution in [2.45, 2.75) is 32.2 Å². The summed E-state index contributed by atoms with van der Waals surface area (Å²) < 4.78 is 26.8. The van der Waals surface area contributed by atoms with E-state index in [0.29, 0.717) is 5.56 Å². The third-order valence-electron chi connectivity index (χ3n) is 4.29. The number of piperidine rings is 1. The lowest BCUT2D eigenvalue weighted by Gasteiger charge is -2.29. The second-order valence-electron chi connectivity index (χ2n) is 5.85. The van der Waals surface area contributed by atoms with E-state index in [1.54, 1.807) is 12.1 Å². The van der Waals surface area contributed by atoms with Crippen molar-refractivity contribution in [3.8, 4) is 0 Å². The van der Waals surface area contributed by atoms with Crippen LogP contribution in [0.3, 0.4) is 0 Å². The van der Waals surface area contributed by atoms with Crippen LogP contribution in [0, 0.1) is 17.6 Å². The summed E-state index contributed by atoms with van der Waals surface area (Å²) in [5.41, 5.74) is 0.411. The monoisotopic (exact) mass is 282 g/mol. The third kappa shape index (κ3) is 4.00. The minimum Gasteiger partial charge on any atom is -0.310 e. The van der Waals surface area contributed by atoms with Gasteiger partial charge in [0.1, 0.15) is 0 Å². The predicted octanol–water partition coefficient (Wildman–Crippen LogP) is 3.35. The zero-order valence-corrected chi connectivity index (χ0v) is 12.3. The van der Waals surface area contributed by atoms with Crippen molar-refractivity contribution in [3.05, 3.63) is 35.4 Å². The van der Waals surface area contributed by atoms with Gasteiger partial charge in [-0.25, -0.2) is 8.78 Å². The molecule has 1 aromatic rings. The Morgan fingerprint density at radius 1 is 1.30 bits per heavy atom. The molecule has 1 aliphatic rings. The van der Waals surface area contributed by atoms with Gasteiger partial charge >= 0.3 is 0 Å². The minimum absolute atomic E-state index is 0.156. The second kappa shape index (κ2) is 7.14. The molecule has 112 valence electrons. The summed E-state index contributed by atoms with van der Waals surface area (Å²) in [6.07, 6.45) is 3.58. The van der Waals surface area contributed by atoms with Crippen LogP contribution in [0.1, 0.15) is 37.8 Å². The highest BCUT2D eigenvalue weighted by molar-refractivity contribution is 5.21. The summed E-state index contributed by atoms with van der Waals surface area (Å²) in [4.78, 5) is 2.36. The Bertz CT molecular complexity index is 428. The van der Waals surface area contributed by atoms with Crippen LogP contribution in [0.25, 0.3) is 0 Å². The zero-order valence-electron chi connectivity index (χ0n) is 12.3. The number of rotatable bonds is 5. The van der Waals surface area contributed by atoms with E-state index in [9.17, 15) is 8.78 Å². The summed E-state index contributed by atoms with van der Waals surface area (Å²) in [5.74, 6) is -0.749. The molecule has 1 N–H and O–H groups in total. The van der Waals surface area contributed by atoms with E-state index in [4.69, 9.17) is 0 Å². The number of nitrogens with zero attached hydrogens (tertiary/aromatic N) is 1. The maximum Gasteiger partial charge on any atom is 0.163 e. The first kappa shape index (κ1) is 15.4. The largest absolute Gasteiger partial charge is 0.310 e. The van der Waals surface area contributed by atoms with Gasteiger partial charge in [0, 0.05) is 11.6 Å². The standard InChI is InChI=1S/C16H24F2N2/c1-12(14-4-3-5-15(17)16(14)18)19-9-6-13-7-10-20(2)11-8-13/h3-5,12-13,19H,6-11H2,1-2H3. The molecule has 2 nitrogen and oxygen atoms in total. The van der Waals surface area contributed by atoms with Crippen molar-refractivity contribution in [1.29, 1.82) is 0 Å². The van der Waals surface area contributed by atoms with Crippen molar-refractivity contribution in [1.82, 2.24) is 10.2 Å². The highest BCUT2D eigenvalue weighted by Gasteiger charge is 2.17. The molecule has 1 atom stereocenters. The molecule has 1 aromatic carbocycles. The molecule has 0 bridgehead atoms. The SMILES string of the molecule is CC(NCCC1CCN(C)CC1)c1cccc(F)c1F. The van der Waals surface area contributed by atoms with E-state index in [0.717, 1.165) is 24.9 Å². The summed E-state index contributed by atoms with van der Waals surface area (Å²) >= 11 is 0. The Kier molecular flexibility index (Phi) is 5.49. The second-order valence-corrected chi connectivity index (χ2v) is 5.85. The smallest absolute Gasteiger partial charge is 0.163 e. The van der Waals surface area contributed by atoms with Gasteiger partial charge in [-0.2, -0.15) is 0 Å². The Morgan fingerprint density at radius 3 is 2.70 bits per heavy atom. The molecule has 0 spiro atoms. The molecule has 0 radical (unpaired) electrons. The molecule has 1 heterocycles. The van der Waals surface area contributed by atoms with E-state index in [-0.39, 0.29) is 6.04 Å². The maximum absolute atomic E-state index is 13.7. The van der Waals surface area contributed by atoms with E-state index in [2.05, 4.69) is 17.3 Å². The van der Waals surface area contributed by atoms with E-state index in [1.165, 1.54) is 25.9 Å². The van der Waals surface area contributed by atoms with Crippen LogP contribution in [0.2, 0.25) is 0 Å². The van der Waals surface area contributed by atoms with Crippen molar-refractivity contribution < 1.29 is 8.78 Å². The van der Waals surface area contributed by atoms with Crippen LogP contribution >= 0.6 is 0 Å². The number of hydrogen-bond donors (Lipinski definition) is 1. The highest BCUT2D eigenvalue weighted by atomic mass is 19.2. The Balaban J connectivity index is 1.77. The van der Waals surface area contributed by atoms with Crippen molar-refractivity contribution in [2.75, 3.05) is 26.7 Å². The average Bonchev–Trinajstić information content (AvgIpc) is 2.44. The van der Waals surface area contributed by atoms with Crippen LogP contribution in [0.5, 0.6) is 0 Å². The van der Waals surface area contributed by atoms with Gasteiger partial charge in [-0.1, -0.05) is 12.1 Å². The first-order valence-corrected chi connectivity index (χ1v) is 7.43. The van der Waals surface area contributed by atoms with Gasteiger partial charge in [0.2, 0.25) is 0 Å². The first-order chi connectivity index (χ1) is 9.58. The molecule has 20 heavy (non-hydrogen) atoms. The topological polar surface area (TPSA) is 15.3 Å². The van der Waals surface area contributed by atoms with Gasteiger partial charge in [0.15, 0.2) is 11.6 Å². The third-order valence-corrected chi connectivity index (χ3v) is 4.29. The molecule has 0 amide bonds. The van der Waals surface area contributed by atoms with Crippen LogP contribution in [-0.4, -0.2) is 31.6 Å². The normalized spacial score (nSPS) is 19.2. The van der Waals surface area contributed by atoms with E-state index in [1.807, 2.05) is 6.92 Å². The fourth-order valence-corrected chi connectivity index (χ4v) is 2.82. The van der Waals surface area contributed by atoms with Crippen molar-refractivity contribution >= 4 is 0 Å². The molecule has 0 aromatic heterocycles. The van der Waals surface area contributed by atoms with Gasteiger partial charge in [-0.3, -0.25) is 0 Å². The van der Waals surface area contributed by atoms with Gasteiger partial charge in [-0.15, -0.1) is 0 Å². The quantitative estimate of drug-likeness (QED) is 0.891. The number of nitrogens with one attached hydrogen (secondary N) is 1. The van der Waals surface area contributed by atoms with E-state index >= 15 is 0 Å². The summed E-state index contributed by atoms with van der Waals surface area (Å²) in [6.45, 7) is 5.06. The number of benzene rings is 1. The predicted molar refractivity (Wildman–Crippen MR) is 77.6 cm³/mol.